The van der Waals surface area contributed by atoms with Crippen LogP contribution in [0.25, 0.3) is 0 Å². The largest absolute Gasteiger partial charge is 0.383 e. The van der Waals surface area contributed by atoms with Gasteiger partial charge >= 0.3 is 0 Å². The molecule has 1 amide bonds. The zero-order valence-electron chi connectivity index (χ0n) is 16.8. The first-order chi connectivity index (χ1) is 13.2. The van der Waals surface area contributed by atoms with Gasteiger partial charge in [0.25, 0.3) is 0 Å². The predicted octanol–water partition coefficient (Wildman–Crippen LogP) is 1.83. The van der Waals surface area contributed by atoms with E-state index in [9.17, 15) is 4.79 Å². The molecular weight excluding hydrogens is 340 g/mol. The van der Waals surface area contributed by atoms with Gasteiger partial charge in [-0.25, -0.2) is 0 Å². The molecule has 0 bridgehead atoms. The number of amides is 1. The topological polar surface area (TPSA) is 57.7 Å². The van der Waals surface area contributed by atoms with Gasteiger partial charge in [-0.05, 0) is 50.8 Å². The summed E-state index contributed by atoms with van der Waals surface area (Å²) in [6.45, 7) is 8.54. The third kappa shape index (κ3) is 5.74. The predicted molar refractivity (Wildman–Crippen MR) is 106 cm³/mol. The number of nitrogens with one attached hydrogen (secondary N) is 1. The SMILES string of the molecule is COCCNC(=O)[C@H]1CCCN(C2CCN(Cc3ncccc3C)CC2)C1. The van der Waals surface area contributed by atoms with Crippen LogP contribution < -0.4 is 5.32 Å². The van der Waals surface area contributed by atoms with Gasteiger partial charge in [0.1, 0.15) is 0 Å². The summed E-state index contributed by atoms with van der Waals surface area (Å²) >= 11 is 0. The van der Waals surface area contributed by atoms with E-state index in [1.54, 1.807) is 7.11 Å². The lowest BCUT2D eigenvalue weighted by Crippen LogP contribution is -2.50. The number of aryl methyl sites for hydroxylation is 1. The van der Waals surface area contributed by atoms with E-state index >= 15 is 0 Å². The number of nitrogens with zero attached hydrogens (tertiary/aromatic N) is 3. The van der Waals surface area contributed by atoms with Crippen LogP contribution in [-0.4, -0.2) is 73.2 Å². The lowest BCUT2D eigenvalue weighted by atomic mass is 9.93. The summed E-state index contributed by atoms with van der Waals surface area (Å²) in [5, 5.41) is 3.01. The number of likely N-dealkylation sites (tertiary alicyclic amines) is 2. The number of hydrogen-bond acceptors (Lipinski definition) is 5. The average Bonchev–Trinajstić information content (AvgIpc) is 2.70. The molecule has 0 aliphatic carbocycles. The average molecular weight is 375 g/mol. The Morgan fingerprint density at radius 3 is 2.85 bits per heavy atom. The summed E-state index contributed by atoms with van der Waals surface area (Å²) in [5.41, 5.74) is 2.47. The Kier molecular flexibility index (Phi) is 7.61. The monoisotopic (exact) mass is 374 g/mol. The molecule has 3 heterocycles. The Morgan fingerprint density at radius 2 is 2.11 bits per heavy atom. The molecular formula is C21H34N4O2. The summed E-state index contributed by atoms with van der Waals surface area (Å²) in [5.74, 6) is 0.324. The molecule has 6 nitrogen and oxygen atoms in total. The molecule has 2 aliphatic rings. The molecule has 0 spiro atoms. The van der Waals surface area contributed by atoms with Crippen LogP contribution in [0.1, 0.15) is 36.9 Å². The van der Waals surface area contributed by atoms with Crippen molar-refractivity contribution in [3.63, 3.8) is 0 Å². The number of piperidine rings is 2. The van der Waals surface area contributed by atoms with Gasteiger partial charge < -0.3 is 10.1 Å². The summed E-state index contributed by atoms with van der Waals surface area (Å²) in [6, 6.07) is 4.75. The van der Waals surface area contributed by atoms with Gasteiger partial charge in [0.15, 0.2) is 0 Å². The van der Waals surface area contributed by atoms with Crippen molar-refractivity contribution in [2.45, 2.75) is 45.2 Å². The van der Waals surface area contributed by atoms with E-state index in [4.69, 9.17) is 4.74 Å². The van der Waals surface area contributed by atoms with E-state index in [1.807, 2.05) is 12.3 Å². The molecule has 2 saturated heterocycles. The number of carbonyl (C=O) groups excluding carboxylic acids is 1. The van der Waals surface area contributed by atoms with E-state index in [1.165, 1.54) is 24.1 Å². The summed E-state index contributed by atoms with van der Waals surface area (Å²) in [6.07, 6.45) is 6.39. The van der Waals surface area contributed by atoms with Gasteiger partial charge in [-0.15, -0.1) is 0 Å². The van der Waals surface area contributed by atoms with Crippen molar-refractivity contribution >= 4 is 5.91 Å². The summed E-state index contributed by atoms with van der Waals surface area (Å²) in [4.78, 5) is 22.0. The standard InChI is InChI=1S/C21H34N4O2/c1-17-5-3-9-22-20(17)16-24-12-7-19(8-13-24)25-11-4-6-18(15-25)21(26)23-10-14-27-2/h3,5,9,18-19H,4,6-8,10-16H2,1-2H3,(H,23,26)/t18-/m0/s1. The van der Waals surface area contributed by atoms with Crippen LogP contribution in [-0.2, 0) is 16.1 Å². The minimum atomic E-state index is 0.129. The van der Waals surface area contributed by atoms with Crippen molar-refractivity contribution in [2.75, 3.05) is 46.4 Å². The van der Waals surface area contributed by atoms with Gasteiger partial charge in [-0.3, -0.25) is 19.6 Å². The molecule has 6 heteroatoms. The van der Waals surface area contributed by atoms with Gasteiger partial charge in [0, 0.05) is 52.1 Å². The minimum absolute atomic E-state index is 0.129. The normalized spacial score (nSPS) is 22.7. The van der Waals surface area contributed by atoms with Gasteiger partial charge in [0.05, 0.1) is 18.2 Å². The maximum absolute atomic E-state index is 12.4. The fraction of sp³-hybridized carbons (Fsp3) is 0.714. The number of aromatic nitrogens is 1. The molecule has 0 radical (unpaired) electrons. The van der Waals surface area contributed by atoms with Crippen LogP contribution in [0.15, 0.2) is 18.3 Å². The van der Waals surface area contributed by atoms with E-state index < -0.39 is 0 Å². The van der Waals surface area contributed by atoms with E-state index in [0.29, 0.717) is 19.2 Å². The van der Waals surface area contributed by atoms with Crippen molar-refractivity contribution < 1.29 is 9.53 Å². The van der Waals surface area contributed by atoms with Crippen LogP contribution >= 0.6 is 0 Å². The molecule has 0 aromatic carbocycles. The first kappa shape index (κ1) is 20.2. The number of pyridine rings is 1. The molecule has 1 atom stereocenters. The second-order valence-corrected chi connectivity index (χ2v) is 7.89. The smallest absolute Gasteiger partial charge is 0.224 e. The highest BCUT2D eigenvalue weighted by Crippen LogP contribution is 2.24. The number of carbonyl (C=O) groups is 1. The number of hydrogen-bond donors (Lipinski definition) is 1. The van der Waals surface area contributed by atoms with Crippen LogP contribution in [0, 0.1) is 12.8 Å². The Balaban J connectivity index is 1.45. The fourth-order valence-corrected chi connectivity index (χ4v) is 4.31. The minimum Gasteiger partial charge on any atom is -0.383 e. The first-order valence-corrected chi connectivity index (χ1v) is 10.3. The number of rotatable bonds is 7. The molecule has 150 valence electrons. The Morgan fingerprint density at radius 1 is 1.30 bits per heavy atom. The third-order valence-corrected chi connectivity index (χ3v) is 5.99. The third-order valence-electron chi connectivity index (χ3n) is 5.99. The molecule has 3 rings (SSSR count). The maximum atomic E-state index is 12.4. The molecule has 27 heavy (non-hydrogen) atoms. The molecule has 1 aromatic heterocycles. The highest BCUT2D eigenvalue weighted by molar-refractivity contribution is 5.78. The van der Waals surface area contributed by atoms with Gasteiger partial charge in [-0.2, -0.15) is 0 Å². The first-order valence-electron chi connectivity index (χ1n) is 10.3. The molecule has 2 aliphatic heterocycles. The number of ether oxygens (including phenoxy) is 1. The Bertz CT molecular complexity index is 602. The Hall–Kier alpha value is -1.50. The van der Waals surface area contributed by atoms with Gasteiger partial charge in [-0.1, -0.05) is 6.07 Å². The quantitative estimate of drug-likeness (QED) is 0.738. The van der Waals surface area contributed by atoms with Crippen molar-refractivity contribution in [1.29, 1.82) is 0 Å². The summed E-state index contributed by atoms with van der Waals surface area (Å²) < 4.78 is 5.02. The molecule has 1 aromatic rings. The highest BCUT2D eigenvalue weighted by Gasteiger charge is 2.31. The molecule has 2 fully saturated rings. The van der Waals surface area contributed by atoms with Crippen molar-refractivity contribution in [1.82, 2.24) is 20.1 Å². The van der Waals surface area contributed by atoms with E-state index in [-0.39, 0.29) is 11.8 Å². The van der Waals surface area contributed by atoms with E-state index in [2.05, 4.69) is 33.1 Å². The fourth-order valence-electron chi connectivity index (χ4n) is 4.31. The van der Waals surface area contributed by atoms with Gasteiger partial charge in [0.2, 0.25) is 5.91 Å². The molecule has 0 saturated carbocycles. The van der Waals surface area contributed by atoms with Crippen molar-refractivity contribution in [2.24, 2.45) is 5.92 Å². The maximum Gasteiger partial charge on any atom is 0.224 e. The zero-order chi connectivity index (χ0) is 19.1. The Labute approximate surface area is 163 Å². The van der Waals surface area contributed by atoms with Crippen LogP contribution in [0.2, 0.25) is 0 Å². The van der Waals surface area contributed by atoms with E-state index in [0.717, 1.165) is 45.6 Å². The van der Waals surface area contributed by atoms with Crippen LogP contribution in [0.5, 0.6) is 0 Å². The summed E-state index contributed by atoms with van der Waals surface area (Å²) in [7, 11) is 1.66. The van der Waals surface area contributed by atoms with Crippen LogP contribution in [0.4, 0.5) is 0 Å². The number of methoxy groups -OCH3 is 1. The second kappa shape index (κ2) is 10.2. The van der Waals surface area contributed by atoms with Crippen molar-refractivity contribution in [3.8, 4) is 0 Å². The van der Waals surface area contributed by atoms with Crippen molar-refractivity contribution in [3.05, 3.63) is 29.6 Å². The molecule has 0 unspecified atom stereocenters. The molecule has 1 N–H and O–H groups in total. The lowest BCUT2D eigenvalue weighted by Gasteiger charge is -2.42. The second-order valence-electron chi connectivity index (χ2n) is 7.89. The highest BCUT2D eigenvalue weighted by atomic mass is 16.5. The lowest BCUT2D eigenvalue weighted by molar-refractivity contribution is -0.127. The van der Waals surface area contributed by atoms with Crippen LogP contribution in [0.3, 0.4) is 0 Å². The zero-order valence-corrected chi connectivity index (χ0v) is 16.8.